The summed E-state index contributed by atoms with van der Waals surface area (Å²) in [6, 6.07) is 9.62. The Morgan fingerprint density at radius 1 is 1.17 bits per heavy atom. The Morgan fingerprint density at radius 2 is 1.90 bits per heavy atom. The Morgan fingerprint density at radius 3 is 2.55 bits per heavy atom. The minimum Gasteiger partial charge on any atom is -0.480 e. The fourth-order valence-electron chi connectivity index (χ4n) is 3.42. The molecule has 1 N–H and O–H groups in total. The maximum atomic E-state index is 13.1. The topological polar surface area (TPSA) is 75.7 Å². The molecule has 1 fully saturated rings. The van der Waals surface area contributed by atoms with Crippen molar-refractivity contribution in [3.8, 4) is 5.75 Å². The van der Waals surface area contributed by atoms with Gasteiger partial charge in [-0.05, 0) is 67.6 Å². The summed E-state index contributed by atoms with van der Waals surface area (Å²) in [5.41, 5.74) is 1.12. The van der Waals surface area contributed by atoms with E-state index in [2.05, 4.69) is 4.72 Å². The van der Waals surface area contributed by atoms with Gasteiger partial charge < -0.3 is 9.64 Å². The molecule has 1 unspecified atom stereocenters. The highest BCUT2D eigenvalue weighted by Gasteiger charge is 2.34. The Balaban J connectivity index is 1.60. The molecule has 2 aromatic rings. The van der Waals surface area contributed by atoms with Crippen molar-refractivity contribution in [3.63, 3.8) is 0 Å². The van der Waals surface area contributed by atoms with Crippen molar-refractivity contribution in [3.05, 3.63) is 53.8 Å². The molecule has 0 radical (unpaired) electrons. The Hall–Kier alpha value is -2.61. The molecule has 1 aliphatic carbocycles. The van der Waals surface area contributed by atoms with Gasteiger partial charge in [-0.15, -0.1) is 0 Å². The standard InChI is InChI=1S/C21H23FN2O4S/c1-2-19-21(25)24(12-14-3-4-14)13-15-11-17(7-10-20(15)28-19)23-29(26,27)18-8-5-16(22)6-9-18/h5-11,14,19,23H,2-4,12-13H2,1H3. The lowest BCUT2D eigenvalue weighted by atomic mass is 10.1. The third-order valence-corrected chi connectivity index (χ3v) is 6.60. The number of ether oxygens (including phenoxy) is 1. The van der Waals surface area contributed by atoms with Gasteiger partial charge in [0.05, 0.1) is 4.90 Å². The molecule has 6 nitrogen and oxygen atoms in total. The lowest BCUT2D eigenvalue weighted by Gasteiger charge is -2.23. The number of sulfonamides is 1. The predicted molar refractivity (Wildman–Crippen MR) is 106 cm³/mol. The fourth-order valence-corrected chi connectivity index (χ4v) is 4.47. The fraction of sp³-hybridized carbons (Fsp3) is 0.381. The summed E-state index contributed by atoms with van der Waals surface area (Å²) in [6.45, 7) is 2.99. The summed E-state index contributed by atoms with van der Waals surface area (Å²) in [7, 11) is -3.85. The van der Waals surface area contributed by atoms with E-state index in [9.17, 15) is 17.6 Å². The van der Waals surface area contributed by atoms with Crippen LogP contribution in [0, 0.1) is 11.7 Å². The zero-order valence-electron chi connectivity index (χ0n) is 16.1. The molecule has 0 bridgehead atoms. The summed E-state index contributed by atoms with van der Waals surface area (Å²) in [5.74, 6) is 0.604. The van der Waals surface area contributed by atoms with E-state index in [4.69, 9.17) is 4.74 Å². The van der Waals surface area contributed by atoms with Crippen LogP contribution in [0.1, 0.15) is 31.7 Å². The quantitative estimate of drug-likeness (QED) is 0.779. The van der Waals surface area contributed by atoms with Gasteiger partial charge in [0.2, 0.25) is 0 Å². The molecule has 154 valence electrons. The van der Waals surface area contributed by atoms with Crippen molar-refractivity contribution >= 4 is 21.6 Å². The number of nitrogens with zero attached hydrogens (tertiary/aromatic N) is 1. The first-order valence-corrected chi connectivity index (χ1v) is 11.2. The van der Waals surface area contributed by atoms with E-state index < -0.39 is 21.9 Å². The minimum atomic E-state index is -3.85. The molecule has 4 rings (SSSR count). The molecule has 0 aromatic heterocycles. The number of amides is 1. The van der Waals surface area contributed by atoms with Crippen molar-refractivity contribution in [1.29, 1.82) is 0 Å². The van der Waals surface area contributed by atoms with E-state index in [0.29, 0.717) is 36.9 Å². The van der Waals surface area contributed by atoms with Gasteiger partial charge in [0.25, 0.3) is 15.9 Å². The Bertz CT molecular complexity index is 1020. The lowest BCUT2D eigenvalue weighted by Crippen LogP contribution is -2.40. The van der Waals surface area contributed by atoms with Gasteiger partial charge >= 0.3 is 0 Å². The zero-order valence-corrected chi connectivity index (χ0v) is 16.9. The van der Waals surface area contributed by atoms with Crippen LogP contribution >= 0.6 is 0 Å². The maximum absolute atomic E-state index is 13.1. The molecule has 1 atom stereocenters. The smallest absolute Gasteiger partial charge is 0.263 e. The van der Waals surface area contributed by atoms with Crippen molar-refractivity contribution in [2.75, 3.05) is 11.3 Å². The van der Waals surface area contributed by atoms with Crippen LogP contribution in [-0.4, -0.2) is 31.9 Å². The van der Waals surface area contributed by atoms with Crippen LogP contribution in [0.4, 0.5) is 10.1 Å². The monoisotopic (exact) mass is 418 g/mol. The van der Waals surface area contributed by atoms with E-state index in [-0.39, 0.29) is 10.8 Å². The van der Waals surface area contributed by atoms with Crippen LogP contribution in [0.3, 0.4) is 0 Å². The number of rotatable bonds is 6. The van der Waals surface area contributed by atoms with Crippen molar-refractivity contribution in [1.82, 2.24) is 4.90 Å². The van der Waals surface area contributed by atoms with Crippen molar-refractivity contribution < 1.29 is 22.3 Å². The molecule has 1 saturated carbocycles. The first kappa shape index (κ1) is 19.7. The number of carbonyl (C=O) groups is 1. The second-order valence-corrected chi connectivity index (χ2v) is 9.24. The summed E-state index contributed by atoms with van der Waals surface area (Å²) in [6.07, 6.45) is 2.30. The molecule has 0 spiro atoms. The normalized spacial score (nSPS) is 19.3. The number of hydrogen-bond donors (Lipinski definition) is 1. The van der Waals surface area contributed by atoms with Crippen LogP contribution in [0.15, 0.2) is 47.4 Å². The van der Waals surface area contributed by atoms with E-state index in [1.165, 1.54) is 12.1 Å². The van der Waals surface area contributed by atoms with Crippen molar-refractivity contribution in [2.24, 2.45) is 5.92 Å². The number of benzene rings is 2. The average Bonchev–Trinajstić information content (AvgIpc) is 3.51. The van der Waals surface area contributed by atoms with Crippen LogP contribution in [0.5, 0.6) is 5.75 Å². The predicted octanol–water partition coefficient (Wildman–Crippen LogP) is 3.54. The van der Waals surface area contributed by atoms with Gasteiger partial charge in [-0.1, -0.05) is 6.92 Å². The van der Waals surface area contributed by atoms with Gasteiger partial charge in [0.1, 0.15) is 11.6 Å². The second kappa shape index (κ2) is 7.67. The Labute approximate surface area is 169 Å². The highest BCUT2D eigenvalue weighted by atomic mass is 32.2. The molecular formula is C21H23FN2O4S. The number of halogens is 1. The molecule has 2 aromatic carbocycles. The largest absolute Gasteiger partial charge is 0.480 e. The average molecular weight is 418 g/mol. The third kappa shape index (κ3) is 4.37. The maximum Gasteiger partial charge on any atom is 0.263 e. The Kier molecular flexibility index (Phi) is 5.21. The number of anilines is 1. The number of nitrogens with one attached hydrogen (secondary N) is 1. The van der Waals surface area contributed by atoms with Crippen LogP contribution in [0.25, 0.3) is 0 Å². The van der Waals surface area contributed by atoms with Crippen LogP contribution in [0.2, 0.25) is 0 Å². The molecular weight excluding hydrogens is 395 g/mol. The van der Waals surface area contributed by atoms with Gasteiger partial charge in [-0.25, -0.2) is 12.8 Å². The molecule has 29 heavy (non-hydrogen) atoms. The van der Waals surface area contributed by atoms with Gasteiger partial charge in [0, 0.05) is 24.3 Å². The highest BCUT2D eigenvalue weighted by Crippen LogP contribution is 2.34. The summed E-state index contributed by atoms with van der Waals surface area (Å²) >= 11 is 0. The number of carbonyl (C=O) groups excluding carboxylic acids is 1. The van der Waals surface area contributed by atoms with Gasteiger partial charge in [-0.2, -0.15) is 0 Å². The van der Waals surface area contributed by atoms with E-state index in [0.717, 1.165) is 30.5 Å². The molecule has 1 amide bonds. The van der Waals surface area contributed by atoms with E-state index in [1.807, 2.05) is 11.8 Å². The molecule has 2 aliphatic rings. The first-order chi connectivity index (χ1) is 13.9. The second-order valence-electron chi connectivity index (χ2n) is 7.56. The highest BCUT2D eigenvalue weighted by molar-refractivity contribution is 7.92. The minimum absolute atomic E-state index is 0.0240. The lowest BCUT2D eigenvalue weighted by molar-refractivity contribution is -0.138. The van der Waals surface area contributed by atoms with Gasteiger partial charge in [-0.3, -0.25) is 9.52 Å². The summed E-state index contributed by atoms with van der Waals surface area (Å²) in [4.78, 5) is 14.6. The first-order valence-electron chi connectivity index (χ1n) is 9.72. The molecule has 1 heterocycles. The molecule has 1 aliphatic heterocycles. The third-order valence-electron chi connectivity index (χ3n) is 5.20. The van der Waals surface area contributed by atoms with Crippen molar-refractivity contribution in [2.45, 2.75) is 43.7 Å². The van der Waals surface area contributed by atoms with E-state index in [1.54, 1.807) is 18.2 Å². The molecule has 0 saturated heterocycles. The summed E-state index contributed by atoms with van der Waals surface area (Å²) in [5, 5.41) is 0. The summed E-state index contributed by atoms with van der Waals surface area (Å²) < 4.78 is 46.7. The zero-order chi connectivity index (χ0) is 20.6. The SMILES string of the molecule is CCC1Oc2ccc(NS(=O)(=O)c3ccc(F)cc3)cc2CN(CC2CC2)C1=O. The number of fused-ring (bicyclic) bond motifs is 1. The van der Waals surface area contributed by atoms with Crippen LogP contribution in [-0.2, 0) is 21.4 Å². The van der Waals surface area contributed by atoms with Crippen LogP contribution < -0.4 is 9.46 Å². The number of hydrogen-bond acceptors (Lipinski definition) is 4. The van der Waals surface area contributed by atoms with Gasteiger partial charge in [0.15, 0.2) is 6.10 Å². The van der Waals surface area contributed by atoms with E-state index >= 15 is 0 Å². The molecule has 8 heteroatoms.